The lowest BCUT2D eigenvalue weighted by atomic mass is 10.0. The average Bonchev–Trinajstić information content (AvgIpc) is 2.74. The van der Waals surface area contributed by atoms with Crippen LogP contribution in [0.5, 0.6) is 0 Å². The van der Waals surface area contributed by atoms with Crippen LogP contribution in [0.15, 0.2) is 72.8 Å². The van der Waals surface area contributed by atoms with Crippen molar-refractivity contribution in [3.05, 3.63) is 94.5 Å². The molecule has 1 amide bonds. The molecule has 0 spiro atoms. The van der Waals surface area contributed by atoms with Gasteiger partial charge in [0.15, 0.2) is 0 Å². The van der Waals surface area contributed by atoms with Crippen molar-refractivity contribution in [2.45, 2.75) is 13.1 Å². The maximum atomic E-state index is 13.1. The lowest BCUT2D eigenvalue weighted by Gasteiger charge is -2.14. The minimum absolute atomic E-state index is 0.0128. The van der Waals surface area contributed by atoms with E-state index < -0.39 is 17.6 Å². The summed E-state index contributed by atoms with van der Waals surface area (Å²) in [4.78, 5) is 17.8. The van der Waals surface area contributed by atoms with Crippen LogP contribution in [0.2, 0.25) is 5.02 Å². The number of amides is 1. The van der Waals surface area contributed by atoms with Crippen LogP contribution in [0, 0.1) is 6.92 Å². The zero-order valence-electron chi connectivity index (χ0n) is 16.3. The third kappa shape index (κ3) is 4.25. The van der Waals surface area contributed by atoms with E-state index in [1.807, 2.05) is 37.3 Å². The third-order valence-electron chi connectivity index (χ3n) is 4.92. The number of rotatable bonds is 3. The van der Waals surface area contributed by atoms with Gasteiger partial charge in [-0.15, -0.1) is 0 Å². The van der Waals surface area contributed by atoms with Crippen LogP contribution in [0.3, 0.4) is 0 Å². The molecule has 31 heavy (non-hydrogen) atoms. The molecule has 1 N–H and O–H groups in total. The van der Waals surface area contributed by atoms with Crippen molar-refractivity contribution in [1.82, 2.24) is 4.98 Å². The smallest absolute Gasteiger partial charge is 0.321 e. The highest BCUT2D eigenvalue weighted by Gasteiger charge is 2.31. The summed E-state index contributed by atoms with van der Waals surface area (Å²) in [5, 5.41) is 3.12. The van der Waals surface area contributed by atoms with E-state index in [9.17, 15) is 18.0 Å². The van der Waals surface area contributed by atoms with Crippen LogP contribution in [0.25, 0.3) is 22.2 Å². The number of alkyl halides is 3. The molecule has 0 aliphatic carbocycles. The van der Waals surface area contributed by atoms with E-state index in [4.69, 9.17) is 11.6 Å². The number of pyridine rings is 1. The molecule has 4 aromatic rings. The minimum atomic E-state index is -4.55. The molecule has 0 aliphatic heterocycles. The summed E-state index contributed by atoms with van der Waals surface area (Å²) in [5.41, 5.74) is 2.32. The molecule has 7 heteroatoms. The van der Waals surface area contributed by atoms with Crippen molar-refractivity contribution in [3.8, 4) is 11.3 Å². The summed E-state index contributed by atoms with van der Waals surface area (Å²) in [6, 6.07) is 19.2. The highest BCUT2D eigenvalue weighted by molar-refractivity contribution is 6.34. The number of hydrogen-bond acceptors (Lipinski definition) is 2. The number of fused-ring (bicyclic) bond motifs is 1. The largest absolute Gasteiger partial charge is 0.416 e. The van der Waals surface area contributed by atoms with Gasteiger partial charge in [-0.2, -0.15) is 13.2 Å². The van der Waals surface area contributed by atoms with Gasteiger partial charge in [0.05, 0.1) is 33.0 Å². The highest BCUT2D eigenvalue weighted by atomic mass is 35.5. The summed E-state index contributed by atoms with van der Waals surface area (Å²) < 4.78 is 39.2. The fraction of sp³-hybridized carbons (Fsp3) is 0.0833. The number of nitrogens with zero attached hydrogens (tertiary/aromatic N) is 1. The first-order chi connectivity index (χ1) is 14.7. The maximum Gasteiger partial charge on any atom is 0.416 e. The Morgan fingerprint density at radius 1 is 0.968 bits per heavy atom. The van der Waals surface area contributed by atoms with Crippen molar-refractivity contribution in [2.75, 3.05) is 5.32 Å². The first-order valence-corrected chi connectivity index (χ1v) is 9.76. The molecule has 0 bridgehead atoms. The van der Waals surface area contributed by atoms with Gasteiger partial charge in [0.2, 0.25) is 0 Å². The first kappa shape index (κ1) is 20.9. The van der Waals surface area contributed by atoms with Crippen molar-refractivity contribution in [2.24, 2.45) is 0 Å². The van der Waals surface area contributed by atoms with E-state index in [0.717, 1.165) is 29.3 Å². The molecule has 0 aliphatic rings. The van der Waals surface area contributed by atoms with Crippen molar-refractivity contribution in [3.63, 3.8) is 0 Å². The molecule has 0 radical (unpaired) electrons. The van der Waals surface area contributed by atoms with Crippen LogP contribution >= 0.6 is 11.6 Å². The Bertz CT molecular complexity index is 1300. The van der Waals surface area contributed by atoms with Crippen LogP contribution in [-0.2, 0) is 6.18 Å². The number of nitrogens with one attached hydrogen (secondary N) is 1. The summed E-state index contributed by atoms with van der Waals surface area (Å²) in [5.74, 6) is -0.574. The van der Waals surface area contributed by atoms with Crippen molar-refractivity contribution >= 4 is 34.1 Å². The molecule has 3 aromatic carbocycles. The molecule has 0 fully saturated rings. The second-order valence-corrected chi connectivity index (χ2v) is 7.44. The Morgan fingerprint density at radius 2 is 1.68 bits per heavy atom. The van der Waals surface area contributed by atoms with Crippen LogP contribution in [-0.4, -0.2) is 10.9 Å². The van der Waals surface area contributed by atoms with E-state index in [0.29, 0.717) is 16.6 Å². The SMILES string of the molecule is Cc1ccccc1-c1cc(C(=O)Nc2cc(C(F)(F)F)ccc2Cl)c2ccccc2n1. The van der Waals surface area contributed by atoms with Gasteiger partial charge >= 0.3 is 6.18 Å². The van der Waals surface area contributed by atoms with Crippen LogP contribution < -0.4 is 5.32 Å². The Hall–Kier alpha value is -3.38. The summed E-state index contributed by atoms with van der Waals surface area (Å²) in [6.07, 6.45) is -4.55. The normalized spacial score (nSPS) is 11.5. The number of halogens is 4. The fourth-order valence-electron chi connectivity index (χ4n) is 3.35. The number of aryl methyl sites for hydroxylation is 1. The Kier molecular flexibility index (Phi) is 5.41. The molecule has 0 saturated carbocycles. The topological polar surface area (TPSA) is 42.0 Å². The second kappa shape index (κ2) is 8.04. The highest BCUT2D eigenvalue weighted by Crippen LogP contribution is 2.34. The Balaban J connectivity index is 1.81. The number of benzene rings is 3. The van der Waals surface area contributed by atoms with E-state index in [-0.39, 0.29) is 16.3 Å². The van der Waals surface area contributed by atoms with Crippen LogP contribution in [0.1, 0.15) is 21.5 Å². The number of carbonyl (C=O) groups excluding carboxylic acids is 1. The lowest BCUT2D eigenvalue weighted by Crippen LogP contribution is -2.14. The predicted molar refractivity (Wildman–Crippen MR) is 116 cm³/mol. The number of para-hydroxylation sites is 1. The molecule has 1 aromatic heterocycles. The molecule has 1 heterocycles. The number of hydrogen-bond donors (Lipinski definition) is 1. The monoisotopic (exact) mass is 440 g/mol. The average molecular weight is 441 g/mol. The standard InChI is InChI=1S/C24H16ClF3N2O/c1-14-6-2-3-7-16(14)21-13-18(17-8-4-5-9-20(17)29-21)23(31)30-22-12-15(24(26,27)28)10-11-19(22)25/h2-13H,1H3,(H,30,31). The molecule has 0 unspecified atom stereocenters. The molecular weight excluding hydrogens is 425 g/mol. The van der Waals surface area contributed by atoms with E-state index in [1.165, 1.54) is 0 Å². The van der Waals surface area contributed by atoms with Gasteiger partial charge in [0.1, 0.15) is 0 Å². The van der Waals surface area contributed by atoms with Crippen molar-refractivity contribution in [1.29, 1.82) is 0 Å². The summed E-state index contributed by atoms with van der Waals surface area (Å²) >= 11 is 6.05. The quantitative estimate of drug-likeness (QED) is 0.368. The van der Waals surface area contributed by atoms with Gasteiger partial charge < -0.3 is 5.32 Å². The first-order valence-electron chi connectivity index (χ1n) is 9.38. The second-order valence-electron chi connectivity index (χ2n) is 7.03. The molecular formula is C24H16ClF3N2O. The maximum absolute atomic E-state index is 13.1. The van der Waals surface area contributed by atoms with Gasteiger partial charge in [-0.1, -0.05) is 54.1 Å². The van der Waals surface area contributed by atoms with E-state index in [2.05, 4.69) is 10.3 Å². The fourth-order valence-corrected chi connectivity index (χ4v) is 3.51. The van der Waals surface area contributed by atoms with Gasteiger partial charge in [0.25, 0.3) is 5.91 Å². The van der Waals surface area contributed by atoms with E-state index in [1.54, 1.807) is 24.3 Å². The zero-order chi connectivity index (χ0) is 22.2. The van der Waals surface area contributed by atoms with Gasteiger partial charge in [-0.25, -0.2) is 4.98 Å². The molecule has 0 saturated heterocycles. The molecule has 3 nitrogen and oxygen atoms in total. The minimum Gasteiger partial charge on any atom is -0.321 e. The Labute approximate surface area is 181 Å². The number of carbonyl (C=O) groups is 1. The summed E-state index contributed by atoms with van der Waals surface area (Å²) in [7, 11) is 0. The predicted octanol–water partition coefficient (Wildman–Crippen LogP) is 7.13. The lowest BCUT2D eigenvalue weighted by molar-refractivity contribution is -0.137. The van der Waals surface area contributed by atoms with Gasteiger partial charge in [0, 0.05) is 10.9 Å². The Morgan fingerprint density at radius 3 is 2.42 bits per heavy atom. The summed E-state index contributed by atoms with van der Waals surface area (Å²) in [6.45, 7) is 1.94. The molecule has 0 atom stereocenters. The molecule has 4 rings (SSSR count). The number of anilines is 1. The van der Waals surface area contributed by atoms with E-state index >= 15 is 0 Å². The van der Waals surface area contributed by atoms with Crippen LogP contribution in [0.4, 0.5) is 18.9 Å². The zero-order valence-corrected chi connectivity index (χ0v) is 17.1. The third-order valence-corrected chi connectivity index (χ3v) is 5.25. The van der Waals surface area contributed by atoms with Gasteiger partial charge in [-0.05, 0) is 42.8 Å². The van der Waals surface area contributed by atoms with Gasteiger partial charge in [-0.3, -0.25) is 4.79 Å². The van der Waals surface area contributed by atoms with Crippen molar-refractivity contribution < 1.29 is 18.0 Å². The number of aromatic nitrogens is 1. The molecule has 156 valence electrons.